The SMILES string of the molecule is C=C/C=C\C1=C(C)c2ccc(Nc3ccc(C4=CCC=CC=C4)c(C(C)(C)C)c3)cc2CC1(C)C. The Balaban J connectivity index is 1.68. The van der Waals surface area contributed by atoms with Crippen molar-refractivity contribution >= 4 is 22.5 Å². The normalized spacial score (nSPS) is 17.3. The molecule has 0 aromatic heterocycles. The molecule has 0 spiro atoms. The van der Waals surface area contributed by atoms with E-state index in [4.69, 9.17) is 0 Å². The Morgan fingerprint density at radius 2 is 1.69 bits per heavy atom. The van der Waals surface area contributed by atoms with Gasteiger partial charge >= 0.3 is 0 Å². The van der Waals surface area contributed by atoms with Crippen molar-refractivity contribution in [3.8, 4) is 0 Å². The van der Waals surface area contributed by atoms with Gasteiger partial charge in [-0.1, -0.05) is 102 Å². The van der Waals surface area contributed by atoms with E-state index < -0.39 is 0 Å². The number of allylic oxidation sites excluding steroid dienone is 11. The number of nitrogens with one attached hydrogen (secondary N) is 1. The highest BCUT2D eigenvalue weighted by atomic mass is 14.9. The molecule has 0 atom stereocenters. The highest BCUT2D eigenvalue weighted by molar-refractivity contribution is 5.80. The number of benzene rings is 2. The average Bonchev–Trinajstić information content (AvgIpc) is 3.07. The summed E-state index contributed by atoms with van der Waals surface area (Å²) in [7, 11) is 0. The molecule has 0 aliphatic heterocycles. The van der Waals surface area contributed by atoms with Crippen molar-refractivity contribution in [2.24, 2.45) is 5.41 Å². The topological polar surface area (TPSA) is 12.0 Å². The van der Waals surface area contributed by atoms with Gasteiger partial charge in [0.1, 0.15) is 0 Å². The predicted molar refractivity (Wildman–Crippen MR) is 155 cm³/mol. The van der Waals surface area contributed by atoms with E-state index in [0.717, 1.165) is 24.2 Å². The Morgan fingerprint density at radius 3 is 2.40 bits per heavy atom. The molecule has 1 nitrogen and oxygen atoms in total. The smallest absolute Gasteiger partial charge is 0.0387 e. The van der Waals surface area contributed by atoms with Crippen LogP contribution in [0.3, 0.4) is 0 Å². The Labute approximate surface area is 212 Å². The summed E-state index contributed by atoms with van der Waals surface area (Å²) in [6.07, 6.45) is 19.1. The van der Waals surface area contributed by atoms with Crippen LogP contribution in [-0.2, 0) is 11.8 Å². The number of hydrogen-bond donors (Lipinski definition) is 1. The minimum atomic E-state index is 0.0403. The minimum Gasteiger partial charge on any atom is -0.356 e. The van der Waals surface area contributed by atoms with Gasteiger partial charge in [-0.15, -0.1) is 0 Å². The molecule has 0 saturated carbocycles. The molecule has 2 aliphatic carbocycles. The number of rotatable bonds is 5. The summed E-state index contributed by atoms with van der Waals surface area (Å²) in [6.45, 7) is 17.6. The van der Waals surface area contributed by atoms with E-state index in [1.54, 1.807) is 0 Å². The van der Waals surface area contributed by atoms with Gasteiger partial charge in [0, 0.05) is 11.4 Å². The van der Waals surface area contributed by atoms with Gasteiger partial charge in [0.2, 0.25) is 0 Å². The number of fused-ring (bicyclic) bond motifs is 1. The molecule has 4 rings (SSSR count). The third-order valence-electron chi connectivity index (χ3n) is 7.10. The zero-order valence-electron chi connectivity index (χ0n) is 22.2. The van der Waals surface area contributed by atoms with E-state index in [1.165, 1.54) is 39.0 Å². The molecular formula is C34H39N. The molecule has 1 heteroatoms. The largest absolute Gasteiger partial charge is 0.356 e. The molecule has 2 aliphatic rings. The summed E-state index contributed by atoms with van der Waals surface area (Å²) >= 11 is 0. The van der Waals surface area contributed by atoms with Gasteiger partial charge < -0.3 is 5.32 Å². The van der Waals surface area contributed by atoms with Gasteiger partial charge in [0.25, 0.3) is 0 Å². The summed E-state index contributed by atoms with van der Waals surface area (Å²) in [5.74, 6) is 0. The van der Waals surface area contributed by atoms with Gasteiger partial charge in [-0.2, -0.15) is 0 Å². The van der Waals surface area contributed by atoms with Crippen molar-refractivity contribution in [1.29, 1.82) is 0 Å². The fourth-order valence-corrected chi connectivity index (χ4v) is 5.36. The first-order valence-corrected chi connectivity index (χ1v) is 12.7. The first-order chi connectivity index (χ1) is 16.6. The van der Waals surface area contributed by atoms with Gasteiger partial charge in [-0.3, -0.25) is 0 Å². The molecule has 0 saturated heterocycles. The van der Waals surface area contributed by atoms with Crippen LogP contribution in [0.5, 0.6) is 0 Å². The van der Waals surface area contributed by atoms with Crippen LogP contribution in [0.25, 0.3) is 11.1 Å². The maximum absolute atomic E-state index is 3.84. The summed E-state index contributed by atoms with van der Waals surface area (Å²) in [5.41, 5.74) is 11.9. The van der Waals surface area contributed by atoms with Gasteiger partial charge in [0.05, 0.1) is 0 Å². The summed E-state index contributed by atoms with van der Waals surface area (Å²) in [5, 5.41) is 3.70. The van der Waals surface area contributed by atoms with Crippen LogP contribution in [0, 0.1) is 5.41 Å². The summed E-state index contributed by atoms with van der Waals surface area (Å²) < 4.78 is 0. The molecule has 0 heterocycles. The maximum Gasteiger partial charge on any atom is 0.0387 e. The van der Waals surface area contributed by atoms with Gasteiger partial charge in [-0.25, -0.2) is 0 Å². The Morgan fingerprint density at radius 1 is 0.971 bits per heavy atom. The van der Waals surface area contributed by atoms with Crippen LogP contribution >= 0.6 is 0 Å². The predicted octanol–water partition coefficient (Wildman–Crippen LogP) is 9.73. The molecule has 0 unspecified atom stereocenters. The molecule has 0 radical (unpaired) electrons. The fourth-order valence-electron chi connectivity index (χ4n) is 5.36. The zero-order chi connectivity index (χ0) is 25.2. The lowest BCUT2D eigenvalue weighted by Crippen LogP contribution is -2.23. The second-order valence-electron chi connectivity index (χ2n) is 11.4. The van der Waals surface area contributed by atoms with Crippen molar-refractivity contribution in [3.05, 3.63) is 119 Å². The lowest BCUT2D eigenvalue weighted by molar-refractivity contribution is 0.449. The van der Waals surface area contributed by atoms with E-state index in [0.29, 0.717) is 0 Å². The third kappa shape index (κ3) is 5.35. The monoisotopic (exact) mass is 461 g/mol. The fraction of sp³-hybridized carbons (Fsp3) is 0.294. The van der Waals surface area contributed by atoms with E-state index in [9.17, 15) is 0 Å². The van der Waals surface area contributed by atoms with Crippen molar-refractivity contribution in [2.75, 3.05) is 5.32 Å². The first kappa shape index (κ1) is 24.8. The zero-order valence-corrected chi connectivity index (χ0v) is 22.2. The molecular weight excluding hydrogens is 422 g/mol. The Hall–Kier alpha value is -3.32. The second kappa shape index (κ2) is 9.74. The third-order valence-corrected chi connectivity index (χ3v) is 7.10. The van der Waals surface area contributed by atoms with E-state index in [2.05, 4.69) is 132 Å². The molecule has 0 fully saturated rings. The molecule has 0 amide bonds. The van der Waals surface area contributed by atoms with Gasteiger partial charge in [0.15, 0.2) is 0 Å². The van der Waals surface area contributed by atoms with E-state index >= 15 is 0 Å². The summed E-state index contributed by atoms with van der Waals surface area (Å²) in [4.78, 5) is 0. The van der Waals surface area contributed by atoms with E-state index in [1.807, 2.05) is 6.08 Å². The standard InChI is InChI=1S/C34H39N/c1-8-9-16-31-24(2)29-19-17-27(21-26(29)23-34(31,6)7)35-28-18-20-30(32(22-28)33(3,4)5)25-14-12-10-11-13-15-25/h8-12,14-22,35H,1,13,23H2,2-7H3/b16-9-. The molecule has 35 heavy (non-hydrogen) atoms. The Kier molecular flexibility index (Phi) is 6.90. The average molecular weight is 462 g/mol. The first-order valence-electron chi connectivity index (χ1n) is 12.7. The molecule has 2 aromatic carbocycles. The molecule has 2 aromatic rings. The molecule has 0 bridgehead atoms. The quantitative estimate of drug-likeness (QED) is 0.437. The Bertz CT molecular complexity index is 1280. The van der Waals surface area contributed by atoms with Crippen LogP contribution in [0.2, 0.25) is 0 Å². The van der Waals surface area contributed by atoms with Crippen LogP contribution in [0.4, 0.5) is 11.4 Å². The molecule has 180 valence electrons. The maximum atomic E-state index is 3.84. The highest BCUT2D eigenvalue weighted by Gasteiger charge is 2.30. The van der Waals surface area contributed by atoms with Crippen molar-refractivity contribution < 1.29 is 0 Å². The van der Waals surface area contributed by atoms with Crippen LogP contribution in [0.1, 0.15) is 70.2 Å². The highest BCUT2D eigenvalue weighted by Crippen LogP contribution is 2.44. The second-order valence-corrected chi connectivity index (χ2v) is 11.4. The van der Waals surface area contributed by atoms with E-state index in [-0.39, 0.29) is 10.8 Å². The lowest BCUT2D eigenvalue weighted by Gasteiger charge is -2.35. The lowest BCUT2D eigenvalue weighted by atomic mass is 9.70. The molecule has 1 N–H and O–H groups in total. The van der Waals surface area contributed by atoms with Crippen molar-refractivity contribution in [1.82, 2.24) is 0 Å². The van der Waals surface area contributed by atoms with Crippen LogP contribution in [0.15, 0.2) is 97.2 Å². The number of anilines is 2. The summed E-state index contributed by atoms with van der Waals surface area (Å²) in [6, 6.07) is 13.6. The number of hydrogen-bond acceptors (Lipinski definition) is 1. The van der Waals surface area contributed by atoms with Crippen molar-refractivity contribution in [3.63, 3.8) is 0 Å². The van der Waals surface area contributed by atoms with Gasteiger partial charge in [-0.05, 0) is 93.8 Å². The van der Waals surface area contributed by atoms with Crippen LogP contribution in [-0.4, -0.2) is 0 Å². The van der Waals surface area contributed by atoms with Crippen LogP contribution < -0.4 is 5.32 Å². The van der Waals surface area contributed by atoms with Crippen molar-refractivity contribution in [2.45, 2.75) is 59.8 Å². The minimum absolute atomic E-state index is 0.0403.